The lowest BCUT2D eigenvalue weighted by molar-refractivity contribution is 0.0746. The van der Waals surface area contributed by atoms with Gasteiger partial charge in [0.25, 0.3) is 5.91 Å². The van der Waals surface area contributed by atoms with Gasteiger partial charge in [0.15, 0.2) is 11.5 Å². The molecule has 0 radical (unpaired) electrons. The fourth-order valence-corrected chi connectivity index (χ4v) is 5.22. The standard InChI is InChI=1S/C30H30ClN3O4/c1-5-18-6-9-20(10-7-18)29-26-27(21-16-22(31)17(2)14-23(21)35)32-33-28(26)30(36)34(29)13-12-19-8-11-24(37-3)25(15-19)38-4/h6-11,14-16,29,35H,5,12-13H2,1-4H3,(H,32,33)/t29-/m1/s1. The number of fused-ring (bicyclic) bond motifs is 1. The molecule has 4 aromatic rings. The van der Waals surface area contributed by atoms with Gasteiger partial charge in [-0.15, -0.1) is 0 Å². The van der Waals surface area contributed by atoms with Gasteiger partial charge in [0.2, 0.25) is 0 Å². The second-order valence-electron chi connectivity index (χ2n) is 9.41. The number of aromatic amines is 1. The molecule has 0 spiro atoms. The van der Waals surface area contributed by atoms with E-state index in [2.05, 4.69) is 41.4 Å². The minimum atomic E-state index is -0.378. The number of methoxy groups -OCH3 is 2. The number of carbonyl (C=O) groups excluding carboxylic acids is 1. The molecule has 1 aliphatic heterocycles. The number of ether oxygens (including phenoxy) is 2. The Labute approximate surface area is 227 Å². The number of phenols is 1. The Bertz CT molecular complexity index is 1500. The number of aryl methyl sites for hydroxylation is 2. The second kappa shape index (κ2) is 10.4. The van der Waals surface area contributed by atoms with E-state index in [0.717, 1.165) is 28.7 Å². The van der Waals surface area contributed by atoms with Crippen molar-refractivity contribution in [3.05, 3.63) is 93.1 Å². The number of hydrogen-bond acceptors (Lipinski definition) is 5. The Morgan fingerprint density at radius 1 is 1.03 bits per heavy atom. The van der Waals surface area contributed by atoms with Gasteiger partial charge in [-0.2, -0.15) is 5.10 Å². The van der Waals surface area contributed by atoms with Crippen molar-refractivity contribution in [2.75, 3.05) is 20.8 Å². The number of hydrogen-bond donors (Lipinski definition) is 2. The number of benzene rings is 3. The summed E-state index contributed by atoms with van der Waals surface area (Å²) in [7, 11) is 3.21. The molecule has 0 saturated carbocycles. The monoisotopic (exact) mass is 531 g/mol. The van der Waals surface area contributed by atoms with Crippen LogP contribution in [-0.2, 0) is 12.8 Å². The zero-order chi connectivity index (χ0) is 27.0. The first-order valence-electron chi connectivity index (χ1n) is 12.5. The van der Waals surface area contributed by atoms with E-state index in [-0.39, 0.29) is 17.7 Å². The predicted octanol–water partition coefficient (Wildman–Crippen LogP) is 6.11. The van der Waals surface area contributed by atoms with Crippen molar-refractivity contribution < 1.29 is 19.4 Å². The highest BCUT2D eigenvalue weighted by molar-refractivity contribution is 6.31. The number of H-pyrrole nitrogens is 1. The highest BCUT2D eigenvalue weighted by Gasteiger charge is 2.42. The van der Waals surface area contributed by atoms with Gasteiger partial charge in [-0.05, 0) is 66.3 Å². The molecule has 0 fully saturated rings. The van der Waals surface area contributed by atoms with E-state index in [4.69, 9.17) is 21.1 Å². The quantitative estimate of drug-likeness (QED) is 0.286. The minimum absolute atomic E-state index is 0.0671. The summed E-state index contributed by atoms with van der Waals surface area (Å²) in [5, 5.41) is 18.7. The van der Waals surface area contributed by atoms with Gasteiger partial charge in [-0.1, -0.05) is 48.9 Å². The van der Waals surface area contributed by atoms with Crippen LogP contribution in [0.25, 0.3) is 11.3 Å². The first kappa shape index (κ1) is 25.7. The average molecular weight is 532 g/mol. The average Bonchev–Trinajstić information content (AvgIpc) is 3.47. The Balaban J connectivity index is 1.56. The van der Waals surface area contributed by atoms with Crippen molar-refractivity contribution in [3.63, 3.8) is 0 Å². The van der Waals surface area contributed by atoms with Crippen LogP contribution in [0.15, 0.2) is 54.6 Å². The van der Waals surface area contributed by atoms with Gasteiger partial charge in [0.05, 0.1) is 20.3 Å². The molecule has 8 heteroatoms. The maximum Gasteiger partial charge on any atom is 0.273 e. The number of nitrogens with one attached hydrogen (secondary N) is 1. The summed E-state index contributed by atoms with van der Waals surface area (Å²) in [4.78, 5) is 15.6. The molecule has 2 N–H and O–H groups in total. The number of phenolic OH excluding ortho intramolecular Hbond substituents is 1. The van der Waals surface area contributed by atoms with Gasteiger partial charge >= 0.3 is 0 Å². The van der Waals surface area contributed by atoms with E-state index in [0.29, 0.717) is 46.4 Å². The minimum Gasteiger partial charge on any atom is -0.507 e. The van der Waals surface area contributed by atoms with Gasteiger partial charge in [0.1, 0.15) is 17.1 Å². The van der Waals surface area contributed by atoms with Crippen LogP contribution in [0.2, 0.25) is 5.02 Å². The third kappa shape index (κ3) is 4.47. The fourth-order valence-electron chi connectivity index (χ4n) is 5.06. The maximum absolute atomic E-state index is 13.7. The van der Waals surface area contributed by atoms with Crippen LogP contribution in [0.1, 0.15) is 51.3 Å². The molecule has 1 aliphatic rings. The lowest BCUT2D eigenvalue weighted by Crippen LogP contribution is -2.31. The first-order chi connectivity index (χ1) is 18.4. The summed E-state index contributed by atoms with van der Waals surface area (Å²) in [6.07, 6.45) is 1.54. The first-order valence-corrected chi connectivity index (χ1v) is 12.9. The number of aromatic hydroxyl groups is 1. The topological polar surface area (TPSA) is 87.7 Å². The van der Waals surface area contributed by atoms with Gasteiger partial charge in [-0.25, -0.2) is 0 Å². The van der Waals surface area contributed by atoms with Crippen molar-refractivity contribution in [2.45, 2.75) is 32.7 Å². The summed E-state index contributed by atoms with van der Waals surface area (Å²) in [5.41, 5.74) is 6.14. The summed E-state index contributed by atoms with van der Waals surface area (Å²) in [5.74, 6) is 1.23. The van der Waals surface area contributed by atoms with Crippen LogP contribution >= 0.6 is 11.6 Å². The Hall–Kier alpha value is -3.97. The third-order valence-electron chi connectivity index (χ3n) is 7.19. The smallest absolute Gasteiger partial charge is 0.273 e. The zero-order valence-electron chi connectivity index (χ0n) is 21.8. The number of amides is 1. The van der Waals surface area contributed by atoms with E-state index < -0.39 is 0 Å². The molecule has 1 amide bonds. The van der Waals surface area contributed by atoms with E-state index in [9.17, 15) is 9.90 Å². The summed E-state index contributed by atoms with van der Waals surface area (Å²) < 4.78 is 10.8. The Kier molecular flexibility index (Phi) is 7.04. The molecule has 0 aliphatic carbocycles. The predicted molar refractivity (Wildman–Crippen MR) is 147 cm³/mol. The third-order valence-corrected chi connectivity index (χ3v) is 7.60. The molecule has 2 heterocycles. The van der Waals surface area contributed by atoms with Crippen LogP contribution in [0.4, 0.5) is 0 Å². The number of rotatable bonds is 8. The lowest BCUT2D eigenvalue weighted by atomic mass is 9.94. The van der Waals surface area contributed by atoms with Crippen molar-refractivity contribution in [1.29, 1.82) is 0 Å². The van der Waals surface area contributed by atoms with Crippen LogP contribution < -0.4 is 9.47 Å². The van der Waals surface area contributed by atoms with E-state index in [1.807, 2.05) is 30.0 Å². The van der Waals surface area contributed by atoms with Crippen molar-refractivity contribution in [3.8, 4) is 28.5 Å². The molecule has 5 rings (SSSR count). The van der Waals surface area contributed by atoms with Crippen LogP contribution in [0.5, 0.6) is 17.2 Å². The number of nitrogens with zero attached hydrogens (tertiary/aromatic N) is 2. The Morgan fingerprint density at radius 2 is 1.74 bits per heavy atom. The van der Waals surface area contributed by atoms with Crippen LogP contribution in [-0.4, -0.2) is 46.9 Å². The number of aromatic nitrogens is 2. The molecule has 0 bridgehead atoms. The summed E-state index contributed by atoms with van der Waals surface area (Å²) in [6, 6.07) is 17.0. The largest absolute Gasteiger partial charge is 0.507 e. The van der Waals surface area contributed by atoms with Crippen LogP contribution in [0, 0.1) is 6.92 Å². The maximum atomic E-state index is 13.7. The van der Waals surface area contributed by atoms with Crippen molar-refractivity contribution in [2.24, 2.45) is 0 Å². The van der Waals surface area contributed by atoms with Crippen molar-refractivity contribution in [1.82, 2.24) is 15.1 Å². The molecule has 0 saturated heterocycles. The highest BCUT2D eigenvalue weighted by Crippen LogP contribution is 2.45. The second-order valence-corrected chi connectivity index (χ2v) is 9.82. The highest BCUT2D eigenvalue weighted by atomic mass is 35.5. The van der Waals surface area contributed by atoms with Crippen LogP contribution in [0.3, 0.4) is 0 Å². The van der Waals surface area contributed by atoms with Gasteiger partial charge in [0, 0.05) is 22.7 Å². The van der Waals surface area contributed by atoms with Crippen molar-refractivity contribution >= 4 is 17.5 Å². The van der Waals surface area contributed by atoms with E-state index >= 15 is 0 Å². The number of carbonyl (C=O) groups is 1. The summed E-state index contributed by atoms with van der Waals surface area (Å²) >= 11 is 6.42. The van der Waals surface area contributed by atoms with Gasteiger partial charge in [-0.3, -0.25) is 9.89 Å². The fraction of sp³-hybridized carbons (Fsp3) is 0.267. The molecule has 38 heavy (non-hydrogen) atoms. The molecule has 196 valence electrons. The number of halogens is 1. The van der Waals surface area contributed by atoms with E-state index in [1.54, 1.807) is 26.4 Å². The zero-order valence-corrected chi connectivity index (χ0v) is 22.6. The molecular formula is C30H30ClN3O4. The molecular weight excluding hydrogens is 502 g/mol. The molecule has 1 aromatic heterocycles. The molecule has 1 atom stereocenters. The van der Waals surface area contributed by atoms with E-state index in [1.165, 1.54) is 5.56 Å². The lowest BCUT2D eigenvalue weighted by Gasteiger charge is -2.27. The SMILES string of the molecule is CCc1ccc([C@@H]2c3c(-c4cc(Cl)c(C)cc4O)n[nH]c3C(=O)N2CCc2ccc(OC)c(OC)c2)cc1. The molecule has 3 aromatic carbocycles. The summed E-state index contributed by atoms with van der Waals surface area (Å²) in [6.45, 7) is 4.41. The van der Waals surface area contributed by atoms with Gasteiger partial charge < -0.3 is 19.5 Å². The molecule has 7 nitrogen and oxygen atoms in total. The normalized spacial score (nSPS) is 14.6. The Morgan fingerprint density at radius 3 is 2.42 bits per heavy atom. The molecule has 0 unspecified atom stereocenters.